The number of hydrogen-bond donors (Lipinski definition) is 2. The summed E-state index contributed by atoms with van der Waals surface area (Å²) in [4.78, 5) is 11.5. The number of likely N-dealkylation sites (tertiary alicyclic amines) is 1. The van der Waals surface area contributed by atoms with Gasteiger partial charge in [0.15, 0.2) is 0 Å². The van der Waals surface area contributed by atoms with Gasteiger partial charge in [-0.3, -0.25) is 0 Å². The van der Waals surface area contributed by atoms with Gasteiger partial charge < -0.3 is 10.4 Å². The van der Waals surface area contributed by atoms with Crippen molar-refractivity contribution >= 4 is 6.09 Å². The fourth-order valence-corrected chi connectivity index (χ4v) is 3.09. The average molecular weight is 213 g/mol. The minimum absolute atomic E-state index is 0.349. The van der Waals surface area contributed by atoms with Crippen molar-refractivity contribution in [2.24, 2.45) is 0 Å². The number of hydrogen-bond acceptors (Lipinski definition) is 2. The average Bonchev–Trinajstić information content (AvgIpc) is 2.31. The van der Waals surface area contributed by atoms with E-state index in [4.69, 9.17) is 0 Å². The highest BCUT2D eigenvalue weighted by Gasteiger charge is 2.45. The highest BCUT2D eigenvalue weighted by Crippen LogP contribution is 2.28. The zero-order valence-electron chi connectivity index (χ0n) is 9.24. The lowest BCUT2D eigenvalue weighted by atomic mass is 9.97. The van der Waals surface area contributed by atoms with E-state index in [2.05, 4.69) is 5.32 Å². The SMILES string of the molecule is O=C(O)[N+]1(C2CCNCC2)CCCCC1. The van der Waals surface area contributed by atoms with E-state index in [-0.39, 0.29) is 0 Å². The Morgan fingerprint density at radius 1 is 1.13 bits per heavy atom. The monoisotopic (exact) mass is 213 g/mol. The lowest BCUT2D eigenvalue weighted by Gasteiger charge is -2.43. The zero-order chi connectivity index (χ0) is 10.7. The van der Waals surface area contributed by atoms with Crippen LogP contribution in [0.2, 0.25) is 0 Å². The minimum Gasteiger partial charge on any atom is -0.435 e. The molecule has 0 bridgehead atoms. The third-order valence-corrected chi connectivity index (χ3v) is 4.00. The van der Waals surface area contributed by atoms with E-state index in [0.717, 1.165) is 51.9 Å². The molecule has 0 saturated carbocycles. The van der Waals surface area contributed by atoms with Crippen LogP contribution in [-0.4, -0.2) is 47.9 Å². The molecule has 2 saturated heterocycles. The minimum atomic E-state index is -0.596. The second-order valence-electron chi connectivity index (χ2n) is 4.81. The predicted octanol–water partition coefficient (Wildman–Crippen LogP) is 1.42. The summed E-state index contributed by atoms with van der Waals surface area (Å²) in [5.74, 6) is 0. The summed E-state index contributed by atoms with van der Waals surface area (Å²) >= 11 is 0. The Morgan fingerprint density at radius 2 is 1.73 bits per heavy atom. The quantitative estimate of drug-likeness (QED) is 0.648. The molecule has 2 rings (SSSR count). The number of piperidine rings is 2. The van der Waals surface area contributed by atoms with E-state index in [0.29, 0.717) is 10.5 Å². The summed E-state index contributed by atoms with van der Waals surface area (Å²) in [6.07, 6.45) is 4.81. The number of carbonyl (C=O) groups is 1. The van der Waals surface area contributed by atoms with Gasteiger partial charge in [0.1, 0.15) is 6.04 Å². The van der Waals surface area contributed by atoms with Gasteiger partial charge in [-0.05, 0) is 19.3 Å². The first kappa shape index (κ1) is 10.9. The molecule has 0 aliphatic carbocycles. The molecule has 4 nitrogen and oxygen atoms in total. The highest BCUT2D eigenvalue weighted by atomic mass is 16.4. The van der Waals surface area contributed by atoms with Crippen molar-refractivity contribution in [1.29, 1.82) is 0 Å². The number of nitrogens with zero attached hydrogens (tertiary/aromatic N) is 1. The van der Waals surface area contributed by atoms with Crippen molar-refractivity contribution in [1.82, 2.24) is 5.32 Å². The van der Waals surface area contributed by atoms with Crippen LogP contribution >= 0.6 is 0 Å². The topological polar surface area (TPSA) is 49.3 Å². The Balaban J connectivity index is 2.12. The van der Waals surface area contributed by atoms with Crippen molar-refractivity contribution < 1.29 is 14.4 Å². The van der Waals surface area contributed by atoms with Gasteiger partial charge in [-0.25, -0.2) is 4.48 Å². The number of amides is 1. The summed E-state index contributed by atoms with van der Waals surface area (Å²) < 4.78 is 0.349. The van der Waals surface area contributed by atoms with Gasteiger partial charge in [-0.1, -0.05) is 0 Å². The molecular weight excluding hydrogens is 192 g/mol. The molecule has 4 heteroatoms. The molecular formula is C11H21N2O2+. The van der Waals surface area contributed by atoms with E-state index in [1.807, 2.05) is 0 Å². The first-order chi connectivity index (χ1) is 7.26. The van der Waals surface area contributed by atoms with Crippen LogP contribution in [0, 0.1) is 0 Å². The van der Waals surface area contributed by atoms with Gasteiger partial charge in [-0.15, -0.1) is 0 Å². The smallest absolute Gasteiger partial charge is 0.435 e. The zero-order valence-corrected chi connectivity index (χ0v) is 9.24. The molecule has 2 aliphatic rings. The molecule has 0 spiro atoms. The standard InChI is InChI=1S/C11H20N2O2/c14-11(15)13(8-2-1-3-9-13)10-4-6-12-7-5-10/h10,12H,1-9H2/p+1. The van der Waals surface area contributed by atoms with E-state index in [1.165, 1.54) is 6.42 Å². The van der Waals surface area contributed by atoms with Crippen LogP contribution in [0.5, 0.6) is 0 Å². The van der Waals surface area contributed by atoms with Gasteiger partial charge in [0.25, 0.3) is 0 Å². The molecule has 0 atom stereocenters. The fraction of sp³-hybridized carbons (Fsp3) is 0.909. The Morgan fingerprint density at radius 3 is 2.27 bits per heavy atom. The van der Waals surface area contributed by atoms with Gasteiger partial charge in [0.05, 0.1) is 13.1 Å². The first-order valence-electron chi connectivity index (χ1n) is 6.07. The summed E-state index contributed by atoms with van der Waals surface area (Å²) in [7, 11) is 0. The van der Waals surface area contributed by atoms with Gasteiger partial charge in [0, 0.05) is 25.9 Å². The molecule has 15 heavy (non-hydrogen) atoms. The second kappa shape index (κ2) is 4.49. The maximum Gasteiger partial charge on any atom is 0.513 e. The van der Waals surface area contributed by atoms with Crippen molar-refractivity contribution in [2.45, 2.75) is 38.1 Å². The molecule has 0 aromatic rings. The van der Waals surface area contributed by atoms with Gasteiger partial charge >= 0.3 is 6.09 Å². The molecule has 0 radical (unpaired) electrons. The Bertz CT molecular complexity index is 231. The molecule has 2 heterocycles. The number of nitrogens with one attached hydrogen (secondary N) is 1. The normalized spacial score (nSPS) is 27.5. The van der Waals surface area contributed by atoms with Crippen molar-refractivity contribution in [3.05, 3.63) is 0 Å². The maximum absolute atomic E-state index is 11.5. The third-order valence-electron chi connectivity index (χ3n) is 4.00. The molecule has 2 aliphatic heterocycles. The number of carboxylic acid groups (broad SMARTS) is 1. The van der Waals surface area contributed by atoms with E-state index >= 15 is 0 Å². The van der Waals surface area contributed by atoms with Gasteiger partial charge in [0.2, 0.25) is 0 Å². The van der Waals surface area contributed by atoms with Crippen LogP contribution in [0.3, 0.4) is 0 Å². The van der Waals surface area contributed by atoms with Crippen LogP contribution in [0.4, 0.5) is 4.79 Å². The van der Waals surface area contributed by atoms with Crippen molar-refractivity contribution in [3.63, 3.8) is 0 Å². The van der Waals surface area contributed by atoms with E-state index in [1.54, 1.807) is 0 Å². The Kier molecular flexibility index (Phi) is 3.26. The number of quaternary nitrogens is 1. The molecule has 86 valence electrons. The third kappa shape index (κ3) is 2.01. The fourth-order valence-electron chi connectivity index (χ4n) is 3.09. The Labute approximate surface area is 90.9 Å². The summed E-state index contributed by atoms with van der Waals surface area (Å²) in [5.41, 5.74) is 0. The summed E-state index contributed by atoms with van der Waals surface area (Å²) in [5, 5.41) is 12.8. The number of rotatable bonds is 1. The van der Waals surface area contributed by atoms with Crippen LogP contribution in [0.1, 0.15) is 32.1 Å². The predicted molar refractivity (Wildman–Crippen MR) is 57.8 cm³/mol. The molecule has 2 N–H and O–H groups in total. The Hall–Kier alpha value is -0.610. The molecule has 0 aromatic carbocycles. The van der Waals surface area contributed by atoms with Crippen molar-refractivity contribution in [2.75, 3.05) is 26.2 Å². The van der Waals surface area contributed by atoms with E-state index in [9.17, 15) is 9.90 Å². The lowest BCUT2D eigenvalue weighted by Crippen LogP contribution is -2.63. The molecule has 0 unspecified atom stereocenters. The van der Waals surface area contributed by atoms with E-state index < -0.39 is 6.09 Å². The van der Waals surface area contributed by atoms with Crippen LogP contribution < -0.4 is 5.32 Å². The summed E-state index contributed by atoms with van der Waals surface area (Å²) in [6, 6.07) is 0.351. The van der Waals surface area contributed by atoms with Crippen LogP contribution in [0.15, 0.2) is 0 Å². The van der Waals surface area contributed by atoms with Crippen molar-refractivity contribution in [3.8, 4) is 0 Å². The first-order valence-corrected chi connectivity index (χ1v) is 6.07. The highest BCUT2D eigenvalue weighted by molar-refractivity contribution is 5.57. The van der Waals surface area contributed by atoms with Crippen LogP contribution in [0.25, 0.3) is 0 Å². The molecule has 2 fully saturated rings. The van der Waals surface area contributed by atoms with Gasteiger partial charge in [-0.2, -0.15) is 4.79 Å². The summed E-state index contributed by atoms with van der Waals surface area (Å²) in [6.45, 7) is 3.66. The maximum atomic E-state index is 11.5. The molecule has 0 aromatic heterocycles. The van der Waals surface area contributed by atoms with Crippen LogP contribution in [-0.2, 0) is 0 Å². The largest absolute Gasteiger partial charge is 0.513 e. The molecule has 1 amide bonds. The lowest BCUT2D eigenvalue weighted by molar-refractivity contribution is -0.888. The second-order valence-corrected chi connectivity index (χ2v) is 4.81.